The maximum absolute atomic E-state index is 5.50. The third-order valence-corrected chi connectivity index (χ3v) is 4.69. The lowest BCUT2D eigenvalue weighted by Gasteiger charge is -2.05. The van der Waals surface area contributed by atoms with Gasteiger partial charge in [-0.2, -0.15) is 5.10 Å². The standard InChI is InChI=1S/C21H17N5O/c1-25-14-22-12-17(25)13-26-9-6-19(24-26)15-3-2-4-16(11-15)21-18-7-10-27-20(18)5-8-23-21/h2-12,14H,13H2,1H3. The Morgan fingerprint density at radius 2 is 2.00 bits per heavy atom. The maximum atomic E-state index is 5.50. The number of hydrogen-bond acceptors (Lipinski definition) is 4. The van der Waals surface area contributed by atoms with Gasteiger partial charge in [0.1, 0.15) is 5.58 Å². The molecule has 5 rings (SSSR count). The van der Waals surface area contributed by atoms with E-state index in [1.165, 1.54) is 0 Å². The molecule has 0 aliphatic carbocycles. The van der Waals surface area contributed by atoms with Gasteiger partial charge >= 0.3 is 0 Å². The monoisotopic (exact) mass is 355 g/mol. The van der Waals surface area contributed by atoms with E-state index >= 15 is 0 Å². The van der Waals surface area contributed by atoms with E-state index in [2.05, 4.69) is 28.2 Å². The highest BCUT2D eigenvalue weighted by molar-refractivity contribution is 5.92. The molecule has 4 aromatic heterocycles. The van der Waals surface area contributed by atoms with E-state index < -0.39 is 0 Å². The van der Waals surface area contributed by atoms with Gasteiger partial charge in [0.2, 0.25) is 0 Å². The van der Waals surface area contributed by atoms with Gasteiger partial charge in [0.05, 0.1) is 42.4 Å². The molecular formula is C21H17N5O. The van der Waals surface area contributed by atoms with Crippen LogP contribution in [0.2, 0.25) is 0 Å². The third kappa shape index (κ3) is 2.81. The third-order valence-electron chi connectivity index (χ3n) is 4.69. The van der Waals surface area contributed by atoms with E-state index in [0.717, 1.165) is 39.2 Å². The van der Waals surface area contributed by atoms with Gasteiger partial charge in [0.15, 0.2) is 0 Å². The second kappa shape index (κ2) is 6.25. The van der Waals surface area contributed by atoms with Crippen LogP contribution in [-0.4, -0.2) is 24.3 Å². The zero-order chi connectivity index (χ0) is 18.2. The molecule has 132 valence electrons. The normalized spacial score (nSPS) is 11.3. The van der Waals surface area contributed by atoms with Gasteiger partial charge < -0.3 is 8.98 Å². The number of fused-ring (bicyclic) bond motifs is 1. The van der Waals surface area contributed by atoms with Crippen molar-refractivity contribution in [3.05, 3.63) is 79.3 Å². The van der Waals surface area contributed by atoms with Crippen molar-refractivity contribution >= 4 is 11.0 Å². The number of pyridine rings is 1. The fourth-order valence-corrected chi connectivity index (χ4v) is 3.26. The van der Waals surface area contributed by atoms with Crippen LogP contribution < -0.4 is 0 Å². The summed E-state index contributed by atoms with van der Waals surface area (Å²) >= 11 is 0. The highest BCUT2D eigenvalue weighted by Crippen LogP contribution is 2.29. The maximum Gasteiger partial charge on any atom is 0.137 e. The van der Waals surface area contributed by atoms with Crippen LogP contribution in [0.1, 0.15) is 5.69 Å². The summed E-state index contributed by atoms with van der Waals surface area (Å²) < 4.78 is 9.42. The molecule has 27 heavy (non-hydrogen) atoms. The summed E-state index contributed by atoms with van der Waals surface area (Å²) in [7, 11) is 1.99. The molecule has 4 heterocycles. The van der Waals surface area contributed by atoms with Crippen LogP contribution in [0.3, 0.4) is 0 Å². The van der Waals surface area contributed by atoms with Crippen LogP contribution in [-0.2, 0) is 13.6 Å². The first-order chi connectivity index (χ1) is 13.3. The van der Waals surface area contributed by atoms with Crippen LogP contribution in [0.5, 0.6) is 0 Å². The number of rotatable bonds is 4. The topological polar surface area (TPSA) is 61.7 Å². The van der Waals surface area contributed by atoms with Crippen molar-refractivity contribution in [1.29, 1.82) is 0 Å². The number of aromatic nitrogens is 5. The predicted octanol–water partition coefficient (Wildman–Crippen LogP) is 4.14. The molecule has 0 atom stereocenters. The minimum absolute atomic E-state index is 0.687. The first-order valence-corrected chi connectivity index (χ1v) is 8.69. The summed E-state index contributed by atoms with van der Waals surface area (Å²) in [5.74, 6) is 0. The average Bonchev–Trinajstić information content (AvgIpc) is 3.43. The molecule has 0 N–H and O–H groups in total. The van der Waals surface area contributed by atoms with E-state index in [1.54, 1.807) is 18.8 Å². The molecule has 0 aliphatic heterocycles. The molecule has 0 radical (unpaired) electrons. The summed E-state index contributed by atoms with van der Waals surface area (Å²) in [6.07, 6.45) is 9.12. The van der Waals surface area contributed by atoms with E-state index in [4.69, 9.17) is 9.52 Å². The molecule has 0 spiro atoms. The summed E-state index contributed by atoms with van der Waals surface area (Å²) in [5, 5.41) is 5.73. The molecule has 0 amide bonds. The zero-order valence-electron chi connectivity index (χ0n) is 14.8. The van der Waals surface area contributed by atoms with Gasteiger partial charge in [0, 0.05) is 36.0 Å². The molecule has 0 fully saturated rings. The van der Waals surface area contributed by atoms with Gasteiger partial charge in [-0.05, 0) is 24.3 Å². The Kier molecular flexibility index (Phi) is 3.60. The van der Waals surface area contributed by atoms with Crippen LogP contribution in [0.15, 0.2) is 78.1 Å². The van der Waals surface area contributed by atoms with Crippen LogP contribution in [0.4, 0.5) is 0 Å². The van der Waals surface area contributed by atoms with Crippen LogP contribution in [0, 0.1) is 0 Å². The molecule has 6 heteroatoms. The van der Waals surface area contributed by atoms with E-state index in [-0.39, 0.29) is 0 Å². The zero-order valence-corrected chi connectivity index (χ0v) is 14.8. The summed E-state index contributed by atoms with van der Waals surface area (Å²) in [6.45, 7) is 0.687. The molecule has 0 aliphatic rings. The molecule has 0 saturated carbocycles. The molecule has 0 unspecified atom stereocenters. The number of furan rings is 1. The van der Waals surface area contributed by atoms with Crippen molar-refractivity contribution in [2.24, 2.45) is 7.05 Å². The SMILES string of the molecule is Cn1cncc1Cn1ccc(-c2cccc(-c3nccc4occc34)c2)n1. The van der Waals surface area contributed by atoms with Crippen molar-refractivity contribution in [2.45, 2.75) is 6.54 Å². The van der Waals surface area contributed by atoms with Crippen molar-refractivity contribution in [2.75, 3.05) is 0 Å². The van der Waals surface area contributed by atoms with Crippen molar-refractivity contribution in [3.8, 4) is 22.5 Å². The van der Waals surface area contributed by atoms with Gasteiger partial charge in [-0.25, -0.2) is 4.98 Å². The first kappa shape index (κ1) is 15.6. The van der Waals surface area contributed by atoms with Crippen molar-refractivity contribution in [3.63, 3.8) is 0 Å². The molecule has 6 nitrogen and oxygen atoms in total. The molecular weight excluding hydrogens is 338 g/mol. The Morgan fingerprint density at radius 1 is 1.07 bits per heavy atom. The molecule has 1 aromatic carbocycles. The average molecular weight is 355 g/mol. The van der Waals surface area contributed by atoms with E-state index in [1.807, 2.05) is 53.0 Å². The summed E-state index contributed by atoms with van der Waals surface area (Å²) in [4.78, 5) is 8.71. The highest BCUT2D eigenvalue weighted by atomic mass is 16.3. The Hall–Kier alpha value is -3.67. The lowest BCUT2D eigenvalue weighted by atomic mass is 10.0. The van der Waals surface area contributed by atoms with Gasteiger partial charge in [0.25, 0.3) is 0 Å². The van der Waals surface area contributed by atoms with Crippen molar-refractivity contribution < 1.29 is 4.42 Å². The summed E-state index contributed by atoms with van der Waals surface area (Å²) in [5.41, 5.74) is 5.88. The second-order valence-corrected chi connectivity index (χ2v) is 6.47. The summed E-state index contributed by atoms with van der Waals surface area (Å²) in [6, 6.07) is 14.1. The number of nitrogens with zero attached hydrogens (tertiary/aromatic N) is 5. The van der Waals surface area contributed by atoms with E-state index in [0.29, 0.717) is 6.54 Å². The molecule has 5 aromatic rings. The molecule has 0 bridgehead atoms. The number of aryl methyl sites for hydroxylation is 1. The lowest BCUT2D eigenvalue weighted by molar-refractivity contribution is 0.615. The van der Waals surface area contributed by atoms with Gasteiger partial charge in [-0.15, -0.1) is 0 Å². The number of benzene rings is 1. The minimum atomic E-state index is 0.687. The quantitative estimate of drug-likeness (QED) is 0.486. The lowest BCUT2D eigenvalue weighted by Crippen LogP contribution is -2.04. The van der Waals surface area contributed by atoms with E-state index in [9.17, 15) is 0 Å². The Labute approximate surface area is 155 Å². The van der Waals surface area contributed by atoms with Crippen LogP contribution >= 0.6 is 0 Å². The highest BCUT2D eigenvalue weighted by Gasteiger charge is 2.10. The fourth-order valence-electron chi connectivity index (χ4n) is 3.26. The Balaban J connectivity index is 1.49. The Bertz CT molecular complexity index is 1230. The number of hydrogen-bond donors (Lipinski definition) is 0. The largest absolute Gasteiger partial charge is 0.464 e. The Morgan fingerprint density at radius 3 is 2.89 bits per heavy atom. The molecule has 0 saturated heterocycles. The number of imidazole rings is 1. The van der Waals surface area contributed by atoms with Crippen LogP contribution in [0.25, 0.3) is 33.5 Å². The van der Waals surface area contributed by atoms with Crippen molar-refractivity contribution in [1.82, 2.24) is 24.3 Å². The van der Waals surface area contributed by atoms with Gasteiger partial charge in [-0.1, -0.05) is 18.2 Å². The van der Waals surface area contributed by atoms with Gasteiger partial charge in [-0.3, -0.25) is 9.67 Å². The first-order valence-electron chi connectivity index (χ1n) is 8.69. The minimum Gasteiger partial charge on any atom is -0.464 e. The fraction of sp³-hybridized carbons (Fsp3) is 0.0952. The second-order valence-electron chi connectivity index (χ2n) is 6.47. The smallest absolute Gasteiger partial charge is 0.137 e. The predicted molar refractivity (Wildman–Crippen MR) is 103 cm³/mol.